The Bertz CT molecular complexity index is 406. The second kappa shape index (κ2) is 6.96. The van der Waals surface area contributed by atoms with Crippen LogP contribution in [0.15, 0.2) is 22.7 Å². The van der Waals surface area contributed by atoms with Gasteiger partial charge in [0.15, 0.2) is 0 Å². The SMILES string of the molecule is CC#CCCNC(C)c1ccc(Br)cc1Cl. The van der Waals surface area contributed by atoms with Crippen molar-refractivity contribution in [3.05, 3.63) is 33.3 Å². The molecule has 86 valence electrons. The zero-order valence-electron chi connectivity index (χ0n) is 9.48. The lowest BCUT2D eigenvalue weighted by atomic mass is 10.1. The molecular weight excluding hydrogens is 286 g/mol. The third-order valence-corrected chi connectivity index (χ3v) is 3.13. The number of hydrogen-bond acceptors (Lipinski definition) is 1. The molecule has 0 aromatic heterocycles. The average molecular weight is 301 g/mol. The molecule has 0 saturated heterocycles. The largest absolute Gasteiger partial charge is 0.309 e. The molecule has 3 heteroatoms. The number of halogens is 2. The Hall–Kier alpha value is -0.490. The van der Waals surface area contributed by atoms with Crippen molar-refractivity contribution in [2.75, 3.05) is 6.54 Å². The molecule has 0 heterocycles. The molecule has 1 rings (SSSR count). The van der Waals surface area contributed by atoms with Gasteiger partial charge in [-0.3, -0.25) is 0 Å². The van der Waals surface area contributed by atoms with Gasteiger partial charge in [0.05, 0.1) is 0 Å². The van der Waals surface area contributed by atoms with Crippen LogP contribution in [0.5, 0.6) is 0 Å². The maximum Gasteiger partial charge on any atom is 0.0464 e. The molecule has 16 heavy (non-hydrogen) atoms. The second-order valence-electron chi connectivity index (χ2n) is 3.52. The lowest BCUT2D eigenvalue weighted by Gasteiger charge is -2.15. The Morgan fingerprint density at radius 1 is 1.50 bits per heavy atom. The van der Waals surface area contributed by atoms with E-state index in [1.807, 2.05) is 25.1 Å². The van der Waals surface area contributed by atoms with Crippen LogP contribution in [0.3, 0.4) is 0 Å². The number of rotatable bonds is 4. The number of nitrogens with one attached hydrogen (secondary N) is 1. The Balaban J connectivity index is 2.57. The minimum absolute atomic E-state index is 0.249. The standard InChI is InChI=1S/C13H15BrClN/c1-3-4-5-8-16-10(2)12-7-6-11(14)9-13(12)15/h6-7,9-10,16H,5,8H2,1-2H3. The van der Waals surface area contributed by atoms with Crippen molar-refractivity contribution in [1.82, 2.24) is 5.32 Å². The van der Waals surface area contributed by atoms with Gasteiger partial charge >= 0.3 is 0 Å². The van der Waals surface area contributed by atoms with E-state index in [1.54, 1.807) is 0 Å². The topological polar surface area (TPSA) is 12.0 Å². The quantitative estimate of drug-likeness (QED) is 0.650. The smallest absolute Gasteiger partial charge is 0.0464 e. The first-order valence-electron chi connectivity index (χ1n) is 5.23. The van der Waals surface area contributed by atoms with E-state index in [0.29, 0.717) is 0 Å². The minimum atomic E-state index is 0.249. The van der Waals surface area contributed by atoms with Crippen LogP contribution in [0.1, 0.15) is 31.9 Å². The summed E-state index contributed by atoms with van der Waals surface area (Å²) in [5.74, 6) is 5.90. The highest BCUT2D eigenvalue weighted by Gasteiger charge is 2.08. The molecule has 0 spiro atoms. The number of hydrogen-bond donors (Lipinski definition) is 1. The molecule has 1 aromatic rings. The highest BCUT2D eigenvalue weighted by Crippen LogP contribution is 2.26. The van der Waals surface area contributed by atoms with Crippen LogP contribution in [0.25, 0.3) is 0 Å². The summed E-state index contributed by atoms with van der Waals surface area (Å²) in [6.07, 6.45) is 0.870. The third-order valence-electron chi connectivity index (χ3n) is 2.31. The zero-order chi connectivity index (χ0) is 12.0. The van der Waals surface area contributed by atoms with Gasteiger partial charge in [-0.1, -0.05) is 33.6 Å². The predicted molar refractivity (Wildman–Crippen MR) is 73.6 cm³/mol. The number of benzene rings is 1. The maximum atomic E-state index is 6.17. The Morgan fingerprint density at radius 2 is 2.25 bits per heavy atom. The van der Waals surface area contributed by atoms with Crippen LogP contribution < -0.4 is 5.32 Å². The van der Waals surface area contributed by atoms with E-state index in [0.717, 1.165) is 28.0 Å². The van der Waals surface area contributed by atoms with E-state index in [9.17, 15) is 0 Å². The summed E-state index contributed by atoms with van der Waals surface area (Å²) < 4.78 is 1.00. The minimum Gasteiger partial charge on any atom is -0.309 e. The molecule has 0 bridgehead atoms. The lowest BCUT2D eigenvalue weighted by Crippen LogP contribution is -2.19. The summed E-state index contributed by atoms with van der Waals surface area (Å²) in [6.45, 7) is 4.85. The zero-order valence-corrected chi connectivity index (χ0v) is 11.8. The summed E-state index contributed by atoms with van der Waals surface area (Å²) in [7, 11) is 0. The fourth-order valence-electron chi connectivity index (χ4n) is 1.44. The van der Waals surface area contributed by atoms with Gasteiger partial charge in [-0.2, -0.15) is 0 Å². The third kappa shape index (κ3) is 4.17. The van der Waals surface area contributed by atoms with Gasteiger partial charge in [-0.05, 0) is 31.5 Å². The molecular formula is C13H15BrClN. The van der Waals surface area contributed by atoms with Gasteiger partial charge in [-0.15, -0.1) is 11.8 Å². The first-order chi connectivity index (χ1) is 7.65. The van der Waals surface area contributed by atoms with Crippen LogP contribution >= 0.6 is 27.5 Å². The van der Waals surface area contributed by atoms with E-state index < -0.39 is 0 Å². The van der Waals surface area contributed by atoms with Crippen molar-refractivity contribution < 1.29 is 0 Å². The van der Waals surface area contributed by atoms with Gasteiger partial charge in [0.1, 0.15) is 0 Å². The van der Waals surface area contributed by atoms with Crippen LogP contribution in [0, 0.1) is 11.8 Å². The molecule has 0 aliphatic heterocycles. The van der Waals surface area contributed by atoms with Crippen LogP contribution in [0.4, 0.5) is 0 Å². The predicted octanol–water partition coefficient (Wildman–Crippen LogP) is 4.17. The molecule has 0 amide bonds. The van der Waals surface area contributed by atoms with Crippen molar-refractivity contribution in [2.24, 2.45) is 0 Å². The molecule has 0 aliphatic carbocycles. The van der Waals surface area contributed by atoms with E-state index in [4.69, 9.17) is 11.6 Å². The monoisotopic (exact) mass is 299 g/mol. The van der Waals surface area contributed by atoms with Crippen LogP contribution in [0.2, 0.25) is 5.02 Å². The van der Waals surface area contributed by atoms with Crippen molar-refractivity contribution in [2.45, 2.75) is 26.3 Å². The Morgan fingerprint density at radius 3 is 2.88 bits per heavy atom. The molecule has 0 fully saturated rings. The average Bonchev–Trinajstić information content (AvgIpc) is 2.24. The summed E-state index contributed by atoms with van der Waals surface area (Å²) in [5.41, 5.74) is 1.12. The van der Waals surface area contributed by atoms with Crippen LogP contribution in [-0.2, 0) is 0 Å². The summed E-state index contributed by atoms with van der Waals surface area (Å²) in [5, 5.41) is 4.18. The maximum absolute atomic E-state index is 6.17. The van der Waals surface area contributed by atoms with Crippen LogP contribution in [-0.4, -0.2) is 6.54 Å². The van der Waals surface area contributed by atoms with Gasteiger partial charge in [0.2, 0.25) is 0 Å². The lowest BCUT2D eigenvalue weighted by molar-refractivity contribution is 0.584. The highest BCUT2D eigenvalue weighted by molar-refractivity contribution is 9.10. The molecule has 0 aliphatic rings. The summed E-state index contributed by atoms with van der Waals surface area (Å²) in [4.78, 5) is 0. The normalized spacial score (nSPS) is 11.8. The second-order valence-corrected chi connectivity index (χ2v) is 4.84. The van der Waals surface area contributed by atoms with Crippen molar-refractivity contribution in [1.29, 1.82) is 0 Å². The molecule has 1 N–H and O–H groups in total. The molecule has 1 nitrogen and oxygen atoms in total. The molecule has 0 radical (unpaired) electrons. The van der Waals surface area contributed by atoms with E-state index >= 15 is 0 Å². The Labute approximate surface area is 111 Å². The van der Waals surface area contributed by atoms with E-state index in [1.165, 1.54) is 0 Å². The van der Waals surface area contributed by atoms with Gasteiger partial charge in [0, 0.05) is 28.5 Å². The summed E-state index contributed by atoms with van der Waals surface area (Å²) in [6, 6.07) is 6.21. The van der Waals surface area contributed by atoms with Gasteiger partial charge in [-0.25, -0.2) is 0 Å². The van der Waals surface area contributed by atoms with Crippen molar-refractivity contribution in [3.63, 3.8) is 0 Å². The molecule has 1 aromatic carbocycles. The fraction of sp³-hybridized carbons (Fsp3) is 0.385. The molecule has 0 saturated carbocycles. The highest BCUT2D eigenvalue weighted by atomic mass is 79.9. The van der Waals surface area contributed by atoms with Gasteiger partial charge < -0.3 is 5.32 Å². The van der Waals surface area contributed by atoms with E-state index in [-0.39, 0.29) is 6.04 Å². The van der Waals surface area contributed by atoms with E-state index in [2.05, 4.69) is 40.0 Å². The first-order valence-corrected chi connectivity index (χ1v) is 6.40. The van der Waals surface area contributed by atoms with Gasteiger partial charge in [0.25, 0.3) is 0 Å². The molecule has 1 unspecified atom stereocenters. The Kier molecular flexibility index (Phi) is 5.90. The summed E-state index contributed by atoms with van der Waals surface area (Å²) >= 11 is 9.56. The fourth-order valence-corrected chi connectivity index (χ4v) is 2.28. The van der Waals surface area contributed by atoms with Crippen molar-refractivity contribution in [3.8, 4) is 11.8 Å². The molecule has 1 atom stereocenters. The first kappa shape index (κ1) is 13.6. The van der Waals surface area contributed by atoms with Crippen molar-refractivity contribution >= 4 is 27.5 Å².